The van der Waals surface area contributed by atoms with E-state index in [-0.39, 0.29) is 5.91 Å². The van der Waals surface area contributed by atoms with Gasteiger partial charge in [-0.1, -0.05) is 18.2 Å². The Morgan fingerprint density at radius 3 is 2.51 bits per heavy atom. The number of benzene rings is 3. The van der Waals surface area contributed by atoms with Crippen LogP contribution in [-0.2, 0) is 14.8 Å². The van der Waals surface area contributed by atoms with Gasteiger partial charge in [0.05, 0.1) is 17.9 Å². The Balaban J connectivity index is 1.30. The largest absolute Gasteiger partial charge is 0.492 e. The first-order chi connectivity index (χ1) is 16.7. The van der Waals surface area contributed by atoms with Gasteiger partial charge in [0, 0.05) is 53.7 Å². The Bertz CT molecular complexity index is 1470. The normalized spacial score (nSPS) is 12.5. The van der Waals surface area contributed by atoms with E-state index >= 15 is 0 Å². The van der Waals surface area contributed by atoms with Gasteiger partial charge in [0.25, 0.3) is 0 Å². The minimum Gasteiger partial charge on any atom is -0.492 e. The van der Waals surface area contributed by atoms with E-state index < -0.39 is 16.1 Å². The van der Waals surface area contributed by atoms with Gasteiger partial charge < -0.3 is 25.5 Å². The van der Waals surface area contributed by atoms with Gasteiger partial charge in [-0.05, 0) is 42.0 Å². The summed E-state index contributed by atoms with van der Waals surface area (Å²) in [6.45, 7) is 2.69. The second kappa shape index (κ2) is 10.3. The summed E-state index contributed by atoms with van der Waals surface area (Å²) < 4.78 is 31.0. The molecule has 4 aromatic rings. The van der Waals surface area contributed by atoms with E-state index in [1.54, 1.807) is 24.3 Å². The number of sulfonamides is 1. The number of aliphatic hydroxyl groups excluding tert-OH is 1. The second-order valence-electron chi connectivity index (χ2n) is 8.34. The van der Waals surface area contributed by atoms with E-state index in [4.69, 9.17) is 4.74 Å². The molecule has 4 rings (SSSR count). The number of hydrogen-bond acceptors (Lipinski definition) is 6. The van der Waals surface area contributed by atoms with E-state index in [9.17, 15) is 18.3 Å². The lowest BCUT2D eigenvalue weighted by Gasteiger charge is -2.14. The van der Waals surface area contributed by atoms with Crippen molar-refractivity contribution < 1.29 is 23.1 Å². The fourth-order valence-corrected chi connectivity index (χ4v) is 4.44. The number of H-pyrrole nitrogens is 1. The summed E-state index contributed by atoms with van der Waals surface area (Å²) in [6, 6.07) is 18.3. The van der Waals surface area contributed by atoms with Crippen LogP contribution in [-0.4, -0.2) is 50.4 Å². The number of aliphatic hydroxyl groups is 1. The zero-order valence-electron chi connectivity index (χ0n) is 19.5. The lowest BCUT2D eigenvalue weighted by atomic mass is 10.1. The molecule has 5 N–H and O–H groups in total. The number of fused-ring (bicyclic) bond motifs is 3. The SMILES string of the molecule is CC(=O)Nc1ccc2c(c1)[nH]c1cc(OCCNC[C@H](O)c3cccc(NS(C)(=O)=O)c3)ccc12. The van der Waals surface area contributed by atoms with E-state index in [0.29, 0.717) is 36.7 Å². The molecule has 0 radical (unpaired) electrons. The van der Waals surface area contributed by atoms with Crippen molar-refractivity contribution in [1.29, 1.82) is 0 Å². The number of aromatic nitrogens is 1. The summed E-state index contributed by atoms with van der Waals surface area (Å²) in [5, 5.41) is 18.5. The second-order valence-corrected chi connectivity index (χ2v) is 10.1. The van der Waals surface area contributed by atoms with Crippen LogP contribution in [0.4, 0.5) is 11.4 Å². The molecule has 1 atom stereocenters. The minimum atomic E-state index is -3.38. The highest BCUT2D eigenvalue weighted by atomic mass is 32.2. The van der Waals surface area contributed by atoms with Crippen molar-refractivity contribution in [3.05, 3.63) is 66.2 Å². The Labute approximate surface area is 203 Å². The molecule has 1 aromatic heterocycles. The van der Waals surface area contributed by atoms with Gasteiger partial charge in [-0.15, -0.1) is 0 Å². The molecule has 0 unspecified atom stereocenters. The molecular formula is C25H28N4O5S. The molecule has 0 bridgehead atoms. The van der Waals surface area contributed by atoms with Crippen molar-refractivity contribution in [3.63, 3.8) is 0 Å². The first-order valence-electron chi connectivity index (χ1n) is 11.1. The number of carbonyl (C=O) groups excluding carboxylic acids is 1. The fourth-order valence-electron chi connectivity index (χ4n) is 3.88. The van der Waals surface area contributed by atoms with E-state index in [2.05, 4.69) is 20.3 Å². The molecule has 0 spiro atoms. The van der Waals surface area contributed by atoms with Crippen molar-refractivity contribution in [3.8, 4) is 5.75 Å². The van der Waals surface area contributed by atoms with Crippen LogP contribution < -0.4 is 20.1 Å². The third-order valence-corrected chi connectivity index (χ3v) is 5.96. The highest BCUT2D eigenvalue weighted by molar-refractivity contribution is 7.92. The third-order valence-electron chi connectivity index (χ3n) is 5.35. The Morgan fingerprint density at radius 2 is 1.77 bits per heavy atom. The van der Waals surface area contributed by atoms with Gasteiger partial charge in [-0.25, -0.2) is 8.42 Å². The molecule has 1 heterocycles. The number of rotatable bonds is 10. The van der Waals surface area contributed by atoms with E-state index in [1.807, 2.05) is 36.4 Å². The average Bonchev–Trinajstić information content (AvgIpc) is 3.14. The minimum absolute atomic E-state index is 0.116. The highest BCUT2D eigenvalue weighted by Gasteiger charge is 2.10. The Morgan fingerprint density at radius 1 is 1.03 bits per heavy atom. The predicted octanol–water partition coefficient (Wildman–Crippen LogP) is 3.35. The maximum absolute atomic E-state index is 11.4. The lowest BCUT2D eigenvalue weighted by Crippen LogP contribution is -2.26. The van der Waals surface area contributed by atoms with E-state index in [0.717, 1.165) is 33.7 Å². The summed E-state index contributed by atoms with van der Waals surface area (Å²) in [4.78, 5) is 14.7. The molecule has 184 valence electrons. The van der Waals surface area contributed by atoms with Crippen LogP contribution in [0.1, 0.15) is 18.6 Å². The number of aromatic amines is 1. The summed E-state index contributed by atoms with van der Waals surface area (Å²) >= 11 is 0. The number of carbonyl (C=O) groups is 1. The summed E-state index contributed by atoms with van der Waals surface area (Å²) in [7, 11) is -3.38. The molecule has 0 aliphatic rings. The van der Waals surface area contributed by atoms with Crippen molar-refractivity contribution in [2.45, 2.75) is 13.0 Å². The van der Waals surface area contributed by atoms with Crippen molar-refractivity contribution in [2.24, 2.45) is 0 Å². The maximum atomic E-state index is 11.4. The molecule has 0 aliphatic heterocycles. The predicted molar refractivity (Wildman–Crippen MR) is 138 cm³/mol. The topological polar surface area (TPSA) is 133 Å². The summed E-state index contributed by atoms with van der Waals surface area (Å²) in [6.07, 6.45) is 0.291. The number of amides is 1. The van der Waals surface area contributed by atoms with Crippen LogP contribution in [0.25, 0.3) is 21.8 Å². The smallest absolute Gasteiger partial charge is 0.229 e. The molecular weight excluding hydrogens is 468 g/mol. The van der Waals surface area contributed by atoms with Crippen molar-refractivity contribution >= 4 is 49.1 Å². The molecule has 0 aliphatic carbocycles. The van der Waals surface area contributed by atoms with Crippen molar-refractivity contribution in [2.75, 3.05) is 36.0 Å². The van der Waals surface area contributed by atoms with Crippen LogP contribution >= 0.6 is 0 Å². The van der Waals surface area contributed by atoms with Crippen LogP contribution in [0, 0.1) is 0 Å². The monoisotopic (exact) mass is 496 g/mol. The molecule has 1 amide bonds. The van der Waals surface area contributed by atoms with Gasteiger partial charge in [-0.2, -0.15) is 0 Å². The summed E-state index contributed by atoms with van der Waals surface area (Å²) in [5.41, 5.74) is 3.61. The van der Waals surface area contributed by atoms with Crippen molar-refractivity contribution in [1.82, 2.24) is 10.3 Å². The molecule has 0 saturated heterocycles. The molecule has 9 nitrogen and oxygen atoms in total. The van der Waals surface area contributed by atoms with Gasteiger partial charge in [-0.3, -0.25) is 9.52 Å². The standard InChI is InChI=1S/C25H28N4O5S/c1-16(30)27-18-6-8-21-22-9-7-20(14-24(22)28-23(21)13-18)34-11-10-26-15-25(31)17-4-3-5-19(12-17)29-35(2,32)33/h3-9,12-14,25-26,28-29,31H,10-11,15H2,1-2H3,(H,27,30)/t25-/m0/s1. The van der Waals surface area contributed by atoms with Gasteiger partial charge >= 0.3 is 0 Å². The number of ether oxygens (including phenoxy) is 1. The maximum Gasteiger partial charge on any atom is 0.229 e. The lowest BCUT2D eigenvalue weighted by molar-refractivity contribution is -0.114. The number of anilines is 2. The number of hydrogen-bond donors (Lipinski definition) is 5. The molecule has 10 heteroatoms. The highest BCUT2D eigenvalue weighted by Crippen LogP contribution is 2.30. The molecule has 0 fully saturated rings. The van der Waals surface area contributed by atoms with Crippen LogP contribution in [0.5, 0.6) is 5.75 Å². The third kappa shape index (κ3) is 6.50. The zero-order chi connectivity index (χ0) is 25.0. The Kier molecular flexibility index (Phi) is 7.25. The van der Waals surface area contributed by atoms with E-state index in [1.165, 1.54) is 6.92 Å². The van der Waals surface area contributed by atoms with Crippen LogP contribution in [0.15, 0.2) is 60.7 Å². The first-order valence-corrected chi connectivity index (χ1v) is 13.0. The van der Waals surface area contributed by atoms with Gasteiger partial charge in [0.1, 0.15) is 12.4 Å². The first kappa shape index (κ1) is 24.5. The molecule has 0 saturated carbocycles. The quantitative estimate of drug-likeness (QED) is 0.214. The zero-order valence-corrected chi connectivity index (χ0v) is 20.3. The fraction of sp³-hybridized carbons (Fsp3) is 0.240. The molecule has 3 aromatic carbocycles. The number of nitrogens with one attached hydrogen (secondary N) is 4. The molecule has 35 heavy (non-hydrogen) atoms. The van der Waals surface area contributed by atoms with Gasteiger partial charge in [0.15, 0.2) is 0 Å². The van der Waals surface area contributed by atoms with Gasteiger partial charge in [0.2, 0.25) is 15.9 Å². The average molecular weight is 497 g/mol. The Hall–Kier alpha value is -3.60. The van der Waals surface area contributed by atoms with Crippen LogP contribution in [0.3, 0.4) is 0 Å². The van der Waals surface area contributed by atoms with Crippen LogP contribution in [0.2, 0.25) is 0 Å². The summed E-state index contributed by atoms with van der Waals surface area (Å²) in [5.74, 6) is 0.600.